The molecule has 4 fully saturated rings. The zero-order valence-electron chi connectivity index (χ0n) is 16.3. The van der Waals surface area contributed by atoms with E-state index in [9.17, 15) is 4.79 Å². The molecule has 4 heteroatoms. The molecule has 6 atom stereocenters. The maximum atomic E-state index is 12.6. The first-order valence-corrected chi connectivity index (χ1v) is 10.7. The van der Waals surface area contributed by atoms with Gasteiger partial charge in [0.05, 0.1) is 18.1 Å². The lowest BCUT2D eigenvalue weighted by Gasteiger charge is -2.51. The third-order valence-corrected chi connectivity index (χ3v) is 7.88. The highest BCUT2D eigenvalue weighted by Gasteiger charge is 2.64. The smallest absolute Gasteiger partial charge is 0.310 e. The molecular weight excluding hydrogens is 338 g/mol. The average Bonchev–Trinajstić information content (AvgIpc) is 3.36. The molecule has 4 aliphatic rings. The third kappa shape index (κ3) is 3.11. The first-order chi connectivity index (χ1) is 13.1. The van der Waals surface area contributed by atoms with Gasteiger partial charge in [-0.1, -0.05) is 37.3 Å². The summed E-state index contributed by atoms with van der Waals surface area (Å²) in [7, 11) is 0. The minimum Gasteiger partial charge on any atom is -0.462 e. The summed E-state index contributed by atoms with van der Waals surface area (Å²) in [6.07, 6.45) is 6.95. The maximum Gasteiger partial charge on any atom is 0.310 e. The van der Waals surface area contributed by atoms with E-state index in [0.717, 1.165) is 39.0 Å². The molecule has 1 aromatic rings. The van der Waals surface area contributed by atoms with Crippen molar-refractivity contribution < 1.29 is 14.3 Å². The number of hydrogen-bond donors (Lipinski definition) is 1. The summed E-state index contributed by atoms with van der Waals surface area (Å²) in [6, 6.07) is 10.5. The quantitative estimate of drug-likeness (QED) is 0.491. The van der Waals surface area contributed by atoms with Crippen LogP contribution in [0.1, 0.15) is 44.6 Å². The maximum absolute atomic E-state index is 12.6. The fourth-order valence-electron chi connectivity index (χ4n) is 6.33. The largest absolute Gasteiger partial charge is 0.462 e. The van der Waals surface area contributed by atoms with E-state index in [1.165, 1.54) is 24.8 Å². The second-order valence-electron chi connectivity index (χ2n) is 9.54. The highest BCUT2D eigenvalue weighted by atomic mass is 16.6. The standard InChI is InChI=1S/C23H31NO3/c1-22-9-5-10-23(15-26-23)20(22)12-17-18(21(25)27-19(17)13-22)14-24-11-8-16-6-3-2-4-7-16/h2-4,6-7,17-20,24H,5,8-15H2,1H3/t17-,18?,19-,20?,22-,23+/m1/s1. The zero-order valence-corrected chi connectivity index (χ0v) is 16.3. The molecule has 4 nitrogen and oxygen atoms in total. The SMILES string of the molecule is C[C@]12CCC[C@]3(CO3)C1C[C@@H]1C(CNCCc3ccccc3)C(=O)O[C@@H]1C2. The van der Waals surface area contributed by atoms with Crippen molar-refractivity contribution in [3.05, 3.63) is 35.9 Å². The normalized spacial score (nSPS) is 42.5. The van der Waals surface area contributed by atoms with Gasteiger partial charge in [-0.25, -0.2) is 0 Å². The summed E-state index contributed by atoms with van der Waals surface area (Å²) < 4.78 is 11.9. The second-order valence-corrected chi connectivity index (χ2v) is 9.54. The Morgan fingerprint density at radius 1 is 1.22 bits per heavy atom. The lowest BCUT2D eigenvalue weighted by molar-refractivity contribution is -0.147. The van der Waals surface area contributed by atoms with Crippen LogP contribution >= 0.6 is 0 Å². The van der Waals surface area contributed by atoms with Crippen molar-refractivity contribution in [2.75, 3.05) is 19.7 Å². The lowest BCUT2D eigenvalue weighted by Crippen LogP contribution is -2.51. The summed E-state index contributed by atoms with van der Waals surface area (Å²) in [6.45, 7) is 4.98. The van der Waals surface area contributed by atoms with Crippen LogP contribution in [-0.2, 0) is 20.7 Å². The first-order valence-electron chi connectivity index (χ1n) is 10.7. The van der Waals surface area contributed by atoms with E-state index < -0.39 is 0 Å². The molecule has 2 aliphatic carbocycles. The van der Waals surface area contributed by atoms with Crippen LogP contribution in [-0.4, -0.2) is 37.4 Å². The van der Waals surface area contributed by atoms with Crippen LogP contribution in [0.15, 0.2) is 30.3 Å². The minimum atomic E-state index is 0.00745. The molecule has 1 N–H and O–H groups in total. The molecule has 2 heterocycles. The Kier molecular flexibility index (Phi) is 4.32. The zero-order chi connectivity index (χ0) is 18.5. The van der Waals surface area contributed by atoms with Crippen molar-refractivity contribution >= 4 is 5.97 Å². The van der Waals surface area contributed by atoms with Crippen molar-refractivity contribution in [3.8, 4) is 0 Å². The number of hydrogen-bond acceptors (Lipinski definition) is 4. The first kappa shape index (κ1) is 17.7. The predicted molar refractivity (Wildman–Crippen MR) is 103 cm³/mol. The summed E-state index contributed by atoms with van der Waals surface area (Å²) in [5, 5.41) is 3.53. The van der Waals surface area contributed by atoms with E-state index in [1.807, 2.05) is 6.07 Å². The predicted octanol–water partition coefficient (Wildman–Crippen LogP) is 3.35. The number of carbonyl (C=O) groups excluding carboxylic acids is 1. The molecule has 27 heavy (non-hydrogen) atoms. The van der Waals surface area contributed by atoms with Crippen LogP contribution in [0, 0.1) is 23.2 Å². The van der Waals surface area contributed by atoms with E-state index in [-0.39, 0.29) is 29.0 Å². The third-order valence-electron chi connectivity index (χ3n) is 7.88. The highest BCUT2D eigenvalue weighted by molar-refractivity contribution is 5.75. The number of rotatable bonds is 5. The number of carbonyl (C=O) groups is 1. The van der Waals surface area contributed by atoms with Crippen LogP contribution in [0.2, 0.25) is 0 Å². The van der Waals surface area contributed by atoms with Gasteiger partial charge >= 0.3 is 5.97 Å². The Bertz CT molecular complexity index is 701. The fraction of sp³-hybridized carbons (Fsp3) is 0.696. The van der Waals surface area contributed by atoms with Crippen LogP contribution < -0.4 is 5.32 Å². The summed E-state index contributed by atoms with van der Waals surface area (Å²) in [4.78, 5) is 12.6. The number of ether oxygens (including phenoxy) is 2. The van der Waals surface area contributed by atoms with Gasteiger partial charge in [0.25, 0.3) is 0 Å². The van der Waals surface area contributed by atoms with Gasteiger partial charge in [0.15, 0.2) is 0 Å². The molecule has 2 saturated heterocycles. The van der Waals surface area contributed by atoms with Crippen molar-refractivity contribution in [1.29, 1.82) is 0 Å². The van der Waals surface area contributed by atoms with E-state index in [1.54, 1.807) is 0 Å². The van der Waals surface area contributed by atoms with Crippen molar-refractivity contribution in [3.63, 3.8) is 0 Å². The number of esters is 1. The van der Waals surface area contributed by atoms with Gasteiger partial charge < -0.3 is 14.8 Å². The van der Waals surface area contributed by atoms with Crippen LogP contribution in [0.25, 0.3) is 0 Å². The average molecular weight is 370 g/mol. The molecule has 1 spiro atoms. The summed E-state index contributed by atoms with van der Waals surface area (Å²) in [5.74, 6) is 0.985. The van der Waals surface area contributed by atoms with Gasteiger partial charge in [0.2, 0.25) is 0 Å². The summed E-state index contributed by atoms with van der Waals surface area (Å²) in [5.41, 5.74) is 1.75. The highest BCUT2D eigenvalue weighted by Crippen LogP contribution is 2.62. The Hall–Kier alpha value is -1.39. The second kappa shape index (κ2) is 6.59. The number of epoxide rings is 1. The van der Waals surface area contributed by atoms with Crippen LogP contribution in [0.3, 0.4) is 0 Å². The molecule has 2 unspecified atom stereocenters. The Morgan fingerprint density at radius 3 is 2.81 bits per heavy atom. The van der Waals surface area contributed by atoms with Gasteiger partial charge in [-0.3, -0.25) is 4.79 Å². The molecule has 5 rings (SSSR count). The molecular formula is C23H31NO3. The van der Waals surface area contributed by atoms with Crippen molar-refractivity contribution in [1.82, 2.24) is 5.32 Å². The van der Waals surface area contributed by atoms with Gasteiger partial charge in [0.1, 0.15) is 6.10 Å². The van der Waals surface area contributed by atoms with E-state index in [2.05, 4.69) is 36.5 Å². The minimum absolute atomic E-state index is 0.00745. The molecule has 146 valence electrons. The van der Waals surface area contributed by atoms with Gasteiger partial charge in [-0.15, -0.1) is 0 Å². The Balaban J connectivity index is 1.22. The molecule has 0 amide bonds. The molecule has 2 saturated carbocycles. The van der Waals surface area contributed by atoms with Gasteiger partial charge in [-0.05, 0) is 62.0 Å². The summed E-state index contributed by atoms with van der Waals surface area (Å²) >= 11 is 0. The number of fused-ring (bicyclic) bond motifs is 3. The molecule has 0 bridgehead atoms. The van der Waals surface area contributed by atoms with E-state index in [4.69, 9.17) is 9.47 Å². The molecule has 1 aromatic carbocycles. The lowest BCUT2D eigenvalue weighted by atomic mass is 9.53. The number of nitrogens with one attached hydrogen (secondary N) is 1. The monoisotopic (exact) mass is 369 g/mol. The van der Waals surface area contributed by atoms with E-state index in [0.29, 0.717) is 11.8 Å². The topological polar surface area (TPSA) is 50.9 Å². The van der Waals surface area contributed by atoms with Crippen molar-refractivity contribution in [2.45, 2.75) is 57.2 Å². The Labute approximate surface area is 162 Å². The number of benzene rings is 1. The fourth-order valence-corrected chi connectivity index (χ4v) is 6.33. The molecule has 0 radical (unpaired) electrons. The van der Waals surface area contributed by atoms with Gasteiger partial charge in [0, 0.05) is 12.5 Å². The van der Waals surface area contributed by atoms with E-state index >= 15 is 0 Å². The van der Waals surface area contributed by atoms with Gasteiger partial charge in [-0.2, -0.15) is 0 Å². The van der Waals surface area contributed by atoms with Crippen LogP contribution in [0.4, 0.5) is 0 Å². The van der Waals surface area contributed by atoms with Crippen molar-refractivity contribution in [2.24, 2.45) is 23.2 Å². The molecule has 0 aromatic heterocycles. The molecule has 2 aliphatic heterocycles. The Morgan fingerprint density at radius 2 is 2.04 bits per heavy atom. The van der Waals surface area contributed by atoms with Crippen LogP contribution in [0.5, 0.6) is 0 Å².